The molecule has 0 fully saturated rings. The van der Waals surface area contributed by atoms with Crippen molar-refractivity contribution in [1.82, 2.24) is 0 Å². The smallest absolute Gasteiger partial charge is 0.405 e. The zero-order valence-electron chi connectivity index (χ0n) is 12.8. The summed E-state index contributed by atoms with van der Waals surface area (Å²) in [5, 5.41) is 0. The molecule has 24 heavy (non-hydrogen) atoms. The molecule has 1 nitrogen and oxygen atoms in total. The lowest BCUT2D eigenvalue weighted by molar-refractivity contribution is -0.274. The Morgan fingerprint density at radius 3 is 2.00 bits per heavy atom. The zero-order valence-corrected chi connectivity index (χ0v) is 12.8. The van der Waals surface area contributed by atoms with Crippen molar-refractivity contribution in [2.24, 2.45) is 0 Å². The molecular weight excluding hydrogens is 334 g/mol. The van der Waals surface area contributed by atoms with Gasteiger partial charge in [-0.3, -0.25) is 0 Å². The van der Waals surface area contributed by atoms with Crippen LogP contribution < -0.4 is 4.74 Å². The monoisotopic (exact) mass is 348 g/mol. The quantitative estimate of drug-likeness (QED) is 0.584. The second-order valence-corrected chi connectivity index (χ2v) is 5.50. The Morgan fingerprint density at radius 2 is 1.46 bits per heavy atom. The highest BCUT2D eigenvalue weighted by molar-refractivity contribution is 5.74. The van der Waals surface area contributed by atoms with Gasteiger partial charge >= 0.3 is 12.5 Å². The van der Waals surface area contributed by atoms with Gasteiger partial charge in [-0.1, -0.05) is 38.1 Å². The number of alkyl halides is 6. The maximum atomic E-state index is 13.0. The maximum absolute atomic E-state index is 13.0. The fourth-order valence-electron chi connectivity index (χ4n) is 2.37. The average molecular weight is 348 g/mol. The van der Waals surface area contributed by atoms with Crippen LogP contribution in [0.3, 0.4) is 0 Å². The first-order chi connectivity index (χ1) is 11.0. The highest BCUT2D eigenvalue weighted by atomic mass is 19.4. The topological polar surface area (TPSA) is 9.23 Å². The number of hydrogen-bond donors (Lipinski definition) is 0. The van der Waals surface area contributed by atoms with E-state index in [0.29, 0.717) is 5.56 Å². The van der Waals surface area contributed by atoms with E-state index < -0.39 is 23.9 Å². The fraction of sp³-hybridized carbons (Fsp3) is 0.294. The summed E-state index contributed by atoms with van der Waals surface area (Å²) >= 11 is 0. The molecule has 0 N–H and O–H groups in total. The molecule has 2 rings (SSSR count). The lowest BCUT2D eigenvalue weighted by Crippen LogP contribution is -2.17. The van der Waals surface area contributed by atoms with Crippen LogP contribution in [0.5, 0.6) is 5.75 Å². The minimum atomic E-state index is -4.93. The summed E-state index contributed by atoms with van der Waals surface area (Å²) in [6.07, 6.45) is -9.53. The summed E-state index contributed by atoms with van der Waals surface area (Å²) in [5.41, 5.74) is -0.394. The largest absolute Gasteiger partial charge is 0.573 e. The summed E-state index contributed by atoms with van der Waals surface area (Å²) in [5.74, 6) is -0.715. The van der Waals surface area contributed by atoms with Gasteiger partial charge in [0.15, 0.2) is 0 Å². The molecular formula is C17H14F6O. The van der Waals surface area contributed by atoms with Crippen molar-refractivity contribution < 1.29 is 31.1 Å². The SMILES string of the molecule is CC(C)c1ccc(C(F)(F)F)cc1-c1ccccc1OC(F)(F)F. The Morgan fingerprint density at radius 1 is 0.833 bits per heavy atom. The lowest BCUT2D eigenvalue weighted by Gasteiger charge is -2.19. The van der Waals surface area contributed by atoms with Crippen LogP contribution in [0.2, 0.25) is 0 Å². The van der Waals surface area contributed by atoms with E-state index in [9.17, 15) is 26.3 Å². The highest BCUT2D eigenvalue weighted by Gasteiger charge is 2.34. The first kappa shape index (κ1) is 18.2. The van der Waals surface area contributed by atoms with Gasteiger partial charge in [-0.05, 0) is 35.2 Å². The molecule has 0 unspecified atom stereocenters. The molecule has 7 heteroatoms. The summed E-state index contributed by atoms with van der Waals surface area (Å²) in [6, 6.07) is 8.22. The van der Waals surface area contributed by atoms with Crippen molar-refractivity contribution in [1.29, 1.82) is 0 Å². The van der Waals surface area contributed by atoms with E-state index in [1.54, 1.807) is 13.8 Å². The Kier molecular flexibility index (Phi) is 4.82. The van der Waals surface area contributed by atoms with Gasteiger partial charge in [0.1, 0.15) is 5.75 Å². The first-order valence-corrected chi connectivity index (χ1v) is 7.05. The Balaban J connectivity index is 2.67. The molecule has 0 bridgehead atoms. The summed E-state index contributed by atoms with van der Waals surface area (Å²) in [7, 11) is 0. The van der Waals surface area contributed by atoms with Crippen molar-refractivity contribution in [3.63, 3.8) is 0 Å². The van der Waals surface area contributed by atoms with E-state index in [1.807, 2.05) is 0 Å². The summed E-state index contributed by atoms with van der Waals surface area (Å²) in [6.45, 7) is 3.50. The fourth-order valence-corrected chi connectivity index (χ4v) is 2.37. The highest BCUT2D eigenvalue weighted by Crippen LogP contribution is 2.40. The van der Waals surface area contributed by atoms with Crippen LogP contribution in [0, 0.1) is 0 Å². The van der Waals surface area contributed by atoms with Gasteiger partial charge < -0.3 is 4.74 Å². The van der Waals surface area contributed by atoms with Crippen LogP contribution in [0.25, 0.3) is 11.1 Å². The average Bonchev–Trinajstić information content (AvgIpc) is 2.44. The van der Waals surface area contributed by atoms with Crippen LogP contribution in [0.1, 0.15) is 30.9 Å². The summed E-state index contributed by atoms with van der Waals surface area (Å²) < 4.78 is 80.6. The minimum absolute atomic E-state index is 0.0374. The number of benzene rings is 2. The van der Waals surface area contributed by atoms with Crippen LogP contribution in [-0.2, 0) is 6.18 Å². The minimum Gasteiger partial charge on any atom is -0.405 e. The van der Waals surface area contributed by atoms with Crippen molar-refractivity contribution in [2.45, 2.75) is 32.3 Å². The van der Waals surface area contributed by atoms with E-state index in [1.165, 1.54) is 24.3 Å². The molecule has 0 aromatic heterocycles. The predicted molar refractivity (Wildman–Crippen MR) is 77.7 cm³/mol. The van der Waals surface area contributed by atoms with Crippen LogP contribution in [-0.4, -0.2) is 6.36 Å². The molecule has 0 heterocycles. The molecule has 130 valence electrons. The van der Waals surface area contributed by atoms with Crippen molar-refractivity contribution >= 4 is 0 Å². The molecule has 0 radical (unpaired) electrons. The van der Waals surface area contributed by atoms with Gasteiger partial charge in [0.25, 0.3) is 0 Å². The third-order valence-corrected chi connectivity index (χ3v) is 3.41. The molecule has 0 atom stereocenters. The Bertz CT molecular complexity index is 716. The van der Waals surface area contributed by atoms with Gasteiger partial charge in [0.05, 0.1) is 5.56 Å². The van der Waals surface area contributed by atoms with Crippen molar-refractivity contribution in [3.8, 4) is 16.9 Å². The second-order valence-electron chi connectivity index (χ2n) is 5.50. The molecule has 0 aliphatic heterocycles. The van der Waals surface area contributed by atoms with Gasteiger partial charge in [-0.2, -0.15) is 13.2 Å². The van der Waals surface area contributed by atoms with Gasteiger partial charge in [-0.15, -0.1) is 13.2 Å². The van der Waals surface area contributed by atoms with E-state index in [2.05, 4.69) is 4.74 Å². The normalized spacial score (nSPS) is 12.5. The number of para-hydroxylation sites is 1. The van der Waals surface area contributed by atoms with Gasteiger partial charge in [0.2, 0.25) is 0 Å². The van der Waals surface area contributed by atoms with E-state index >= 15 is 0 Å². The zero-order chi connectivity index (χ0) is 18.1. The molecule has 0 aliphatic rings. The number of ether oxygens (including phenoxy) is 1. The number of rotatable bonds is 3. The molecule has 0 spiro atoms. The Hall–Kier alpha value is -2.18. The van der Waals surface area contributed by atoms with E-state index in [-0.39, 0.29) is 17.0 Å². The van der Waals surface area contributed by atoms with Crippen molar-refractivity contribution in [3.05, 3.63) is 53.6 Å². The van der Waals surface area contributed by atoms with E-state index in [0.717, 1.165) is 18.2 Å². The van der Waals surface area contributed by atoms with Gasteiger partial charge in [-0.25, -0.2) is 0 Å². The molecule has 0 aliphatic carbocycles. The molecule has 0 saturated carbocycles. The number of halogens is 6. The third-order valence-electron chi connectivity index (χ3n) is 3.41. The second kappa shape index (κ2) is 6.37. The molecule has 2 aromatic rings. The van der Waals surface area contributed by atoms with Crippen LogP contribution in [0.4, 0.5) is 26.3 Å². The van der Waals surface area contributed by atoms with Crippen LogP contribution >= 0.6 is 0 Å². The molecule has 2 aromatic carbocycles. The van der Waals surface area contributed by atoms with Gasteiger partial charge in [0, 0.05) is 5.56 Å². The standard InChI is InChI=1S/C17H14F6O/c1-10(2)12-8-7-11(16(18,19)20)9-14(12)13-5-3-4-6-15(13)24-17(21,22)23/h3-10H,1-2H3. The maximum Gasteiger partial charge on any atom is 0.573 e. The first-order valence-electron chi connectivity index (χ1n) is 7.05. The van der Waals surface area contributed by atoms with E-state index in [4.69, 9.17) is 0 Å². The molecule has 0 amide bonds. The predicted octanol–water partition coefficient (Wildman–Crippen LogP) is 6.39. The number of hydrogen-bond acceptors (Lipinski definition) is 1. The Labute approximate surface area is 134 Å². The van der Waals surface area contributed by atoms with Crippen LogP contribution in [0.15, 0.2) is 42.5 Å². The molecule has 0 saturated heterocycles. The van der Waals surface area contributed by atoms with Crippen molar-refractivity contribution in [2.75, 3.05) is 0 Å². The lowest BCUT2D eigenvalue weighted by atomic mass is 9.90. The summed E-state index contributed by atoms with van der Waals surface area (Å²) in [4.78, 5) is 0. The third kappa shape index (κ3) is 4.21.